The predicted octanol–water partition coefficient (Wildman–Crippen LogP) is 8.52. The third kappa shape index (κ3) is 4.51. The zero-order valence-corrected chi connectivity index (χ0v) is 19.9. The third-order valence-corrected chi connectivity index (χ3v) is 6.61. The van der Waals surface area contributed by atoms with Crippen molar-refractivity contribution in [3.63, 3.8) is 0 Å². The van der Waals surface area contributed by atoms with Crippen molar-refractivity contribution in [2.45, 2.75) is 25.6 Å². The lowest BCUT2D eigenvalue weighted by Gasteiger charge is -2.16. The molecule has 1 heterocycles. The van der Waals surface area contributed by atoms with Crippen molar-refractivity contribution >= 4 is 17.0 Å². The van der Waals surface area contributed by atoms with Crippen molar-refractivity contribution in [3.05, 3.63) is 119 Å². The molecule has 0 amide bonds. The second-order valence-electron chi connectivity index (χ2n) is 9.09. The van der Waals surface area contributed by atoms with E-state index in [1.54, 1.807) is 10.7 Å². The minimum atomic E-state index is -4.51. The molecular weight excluding hydrogens is 473 g/mol. The van der Waals surface area contributed by atoms with Crippen molar-refractivity contribution in [2.24, 2.45) is 0 Å². The van der Waals surface area contributed by atoms with Gasteiger partial charge in [-0.15, -0.1) is 0 Å². The molecule has 37 heavy (non-hydrogen) atoms. The van der Waals surface area contributed by atoms with Gasteiger partial charge in [0.15, 0.2) is 0 Å². The normalized spacial score (nSPS) is 13.1. The van der Waals surface area contributed by atoms with Crippen LogP contribution in [-0.4, -0.2) is 9.78 Å². The van der Waals surface area contributed by atoms with Crippen LogP contribution in [0.3, 0.4) is 0 Å². The topological polar surface area (TPSA) is 27.1 Å². The highest BCUT2D eigenvalue weighted by molar-refractivity contribution is 5.95. The monoisotopic (exact) mass is 496 g/mol. The maximum absolute atomic E-state index is 13.9. The lowest BCUT2D eigenvalue weighted by atomic mass is 9.96. The molecule has 4 aromatic carbocycles. The van der Waals surface area contributed by atoms with Crippen LogP contribution < -0.4 is 4.74 Å². The van der Waals surface area contributed by atoms with Gasteiger partial charge < -0.3 is 4.74 Å². The minimum absolute atomic E-state index is 0.0591. The summed E-state index contributed by atoms with van der Waals surface area (Å²) in [5.41, 5.74) is 3.80. The summed E-state index contributed by atoms with van der Waals surface area (Å²) in [6.45, 7) is 0.339. The van der Waals surface area contributed by atoms with E-state index < -0.39 is 11.7 Å². The number of hydrogen-bond donors (Lipinski definition) is 0. The van der Waals surface area contributed by atoms with Gasteiger partial charge in [0.25, 0.3) is 0 Å². The molecule has 1 aromatic heterocycles. The van der Waals surface area contributed by atoms with Gasteiger partial charge in [0, 0.05) is 16.5 Å². The molecule has 0 aliphatic heterocycles. The second kappa shape index (κ2) is 9.28. The molecule has 0 saturated heterocycles. The molecule has 184 valence electrons. The standard InChI is InChI=1S/C31H23F3N2O/c32-31(33,34)27-17-8-16-26-29(27)35-36(20-21-9-2-1-3-10-21)30(26)23-13-6-14-24(19-23)37-28-18-7-12-22-11-4-5-15-25(22)28/h1-4,6-14,16-19H,5,15,20H2. The van der Waals surface area contributed by atoms with Gasteiger partial charge in [-0.2, -0.15) is 18.3 Å². The Morgan fingerprint density at radius 2 is 1.68 bits per heavy atom. The summed E-state index contributed by atoms with van der Waals surface area (Å²) in [4.78, 5) is 0. The Kier molecular flexibility index (Phi) is 5.80. The van der Waals surface area contributed by atoms with E-state index in [1.807, 2.05) is 66.7 Å². The fraction of sp³-hybridized carbons (Fsp3) is 0.129. The highest BCUT2D eigenvalue weighted by Crippen LogP contribution is 2.39. The molecule has 3 nitrogen and oxygen atoms in total. The summed E-state index contributed by atoms with van der Waals surface area (Å²) in [5, 5.41) is 4.92. The molecule has 0 spiro atoms. The first-order chi connectivity index (χ1) is 18.0. The summed E-state index contributed by atoms with van der Waals surface area (Å²) in [5.74, 6) is 1.41. The molecule has 1 aliphatic carbocycles. The van der Waals surface area contributed by atoms with E-state index in [-0.39, 0.29) is 5.52 Å². The maximum atomic E-state index is 13.9. The largest absolute Gasteiger partial charge is 0.457 e. The smallest absolute Gasteiger partial charge is 0.418 e. The number of alkyl halides is 3. The Morgan fingerprint density at radius 3 is 2.51 bits per heavy atom. The number of hydrogen-bond acceptors (Lipinski definition) is 2. The fourth-order valence-corrected chi connectivity index (χ4v) is 4.93. The predicted molar refractivity (Wildman–Crippen MR) is 140 cm³/mol. The van der Waals surface area contributed by atoms with Gasteiger partial charge in [0.1, 0.15) is 17.0 Å². The van der Waals surface area contributed by atoms with Crippen molar-refractivity contribution in [2.75, 3.05) is 0 Å². The second-order valence-corrected chi connectivity index (χ2v) is 9.09. The molecule has 0 saturated carbocycles. The van der Waals surface area contributed by atoms with Crippen molar-refractivity contribution in [1.29, 1.82) is 0 Å². The average molecular weight is 497 g/mol. The number of benzene rings is 4. The van der Waals surface area contributed by atoms with Crippen LogP contribution in [0.2, 0.25) is 0 Å². The number of aromatic nitrogens is 2. The molecule has 0 radical (unpaired) electrons. The van der Waals surface area contributed by atoms with Gasteiger partial charge >= 0.3 is 6.18 Å². The summed E-state index contributed by atoms with van der Waals surface area (Å²) in [6.07, 6.45) is 1.61. The van der Waals surface area contributed by atoms with Crippen LogP contribution in [0.1, 0.15) is 28.7 Å². The summed E-state index contributed by atoms with van der Waals surface area (Å²) in [6, 6.07) is 27.3. The molecule has 5 aromatic rings. The Morgan fingerprint density at radius 1 is 0.865 bits per heavy atom. The number of ether oxygens (including phenoxy) is 1. The van der Waals surface area contributed by atoms with E-state index >= 15 is 0 Å². The lowest BCUT2D eigenvalue weighted by Crippen LogP contribution is -2.06. The van der Waals surface area contributed by atoms with Gasteiger partial charge in [-0.05, 0) is 48.2 Å². The van der Waals surface area contributed by atoms with E-state index in [1.165, 1.54) is 6.07 Å². The third-order valence-electron chi connectivity index (χ3n) is 6.61. The molecular formula is C31H23F3N2O. The van der Waals surface area contributed by atoms with Gasteiger partial charge in [-0.1, -0.05) is 78.9 Å². The Labute approximate surface area is 212 Å². The van der Waals surface area contributed by atoms with Gasteiger partial charge in [0.05, 0.1) is 17.8 Å². The van der Waals surface area contributed by atoms with Crippen molar-refractivity contribution in [3.8, 4) is 22.8 Å². The molecule has 6 rings (SSSR count). The molecule has 0 unspecified atom stereocenters. The van der Waals surface area contributed by atoms with Crippen molar-refractivity contribution in [1.82, 2.24) is 9.78 Å². The summed E-state index contributed by atoms with van der Waals surface area (Å²) >= 11 is 0. The molecule has 0 atom stereocenters. The van der Waals surface area contributed by atoms with E-state index in [2.05, 4.69) is 23.3 Å². The lowest BCUT2D eigenvalue weighted by molar-refractivity contribution is -0.136. The highest BCUT2D eigenvalue weighted by atomic mass is 19.4. The molecule has 0 N–H and O–H groups in total. The Balaban J connectivity index is 1.47. The molecule has 1 aliphatic rings. The van der Waals surface area contributed by atoms with Crippen LogP contribution in [0.5, 0.6) is 11.5 Å². The van der Waals surface area contributed by atoms with Crippen molar-refractivity contribution < 1.29 is 17.9 Å². The van der Waals surface area contributed by atoms with E-state index in [0.29, 0.717) is 23.4 Å². The minimum Gasteiger partial charge on any atom is -0.457 e. The number of halogens is 3. The van der Waals surface area contributed by atoms with Crippen LogP contribution in [0, 0.1) is 0 Å². The van der Waals surface area contributed by atoms with E-state index in [4.69, 9.17) is 4.74 Å². The molecule has 6 heteroatoms. The SMILES string of the molecule is FC(F)(F)c1cccc2c(-c3cccc(Oc4cccc5c4CCC=C5)c3)n(Cc3ccccc3)nc12. The first-order valence-corrected chi connectivity index (χ1v) is 12.1. The fourth-order valence-electron chi connectivity index (χ4n) is 4.93. The molecule has 0 fully saturated rings. The van der Waals surface area contributed by atoms with Gasteiger partial charge in [0.2, 0.25) is 0 Å². The summed E-state index contributed by atoms with van der Waals surface area (Å²) in [7, 11) is 0. The average Bonchev–Trinajstić information content (AvgIpc) is 3.27. The Hall–Kier alpha value is -4.32. The first-order valence-electron chi connectivity index (χ1n) is 12.1. The zero-order chi connectivity index (χ0) is 25.4. The highest BCUT2D eigenvalue weighted by Gasteiger charge is 2.34. The Bertz CT molecular complexity index is 1620. The maximum Gasteiger partial charge on any atom is 0.418 e. The van der Waals surface area contributed by atoms with Gasteiger partial charge in [-0.25, -0.2) is 0 Å². The van der Waals surface area contributed by atoms with Crippen LogP contribution >= 0.6 is 0 Å². The molecule has 0 bridgehead atoms. The van der Waals surface area contributed by atoms with Crippen LogP contribution in [0.25, 0.3) is 28.2 Å². The summed E-state index contributed by atoms with van der Waals surface area (Å²) < 4.78 is 49.6. The number of allylic oxidation sites excluding steroid dienone is 1. The van der Waals surface area contributed by atoms with Crippen LogP contribution in [0.4, 0.5) is 13.2 Å². The number of fused-ring (bicyclic) bond motifs is 2. The zero-order valence-electron chi connectivity index (χ0n) is 19.9. The van der Waals surface area contributed by atoms with Crippen LogP contribution in [0.15, 0.2) is 97.1 Å². The first kappa shape index (κ1) is 23.1. The quantitative estimate of drug-likeness (QED) is 0.244. The van der Waals surface area contributed by atoms with Crippen LogP contribution in [-0.2, 0) is 19.1 Å². The van der Waals surface area contributed by atoms with E-state index in [0.717, 1.165) is 46.9 Å². The van der Waals surface area contributed by atoms with E-state index in [9.17, 15) is 13.2 Å². The number of rotatable bonds is 5. The number of nitrogens with zero attached hydrogens (tertiary/aromatic N) is 2. The van der Waals surface area contributed by atoms with Gasteiger partial charge in [-0.3, -0.25) is 4.68 Å².